The third kappa shape index (κ3) is 4.83. The van der Waals surface area contributed by atoms with E-state index in [0.29, 0.717) is 18.1 Å². The van der Waals surface area contributed by atoms with E-state index in [4.69, 9.17) is 21.2 Å². The zero-order valence-electron chi connectivity index (χ0n) is 14.7. The molecular weight excluding hydrogens is 338 g/mol. The zero-order chi connectivity index (χ0) is 18.2. The molecule has 0 N–H and O–H groups in total. The Balaban J connectivity index is 2.29. The van der Waals surface area contributed by atoms with Crippen LogP contribution in [0.3, 0.4) is 0 Å². The number of para-hydroxylation sites is 1. The van der Waals surface area contributed by atoms with E-state index in [1.54, 1.807) is 6.07 Å². The lowest BCUT2D eigenvalue weighted by Gasteiger charge is -2.16. The van der Waals surface area contributed by atoms with Crippen molar-refractivity contribution >= 4 is 22.6 Å². The van der Waals surface area contributed by atoms with Crippen LogP contribution in [-0.2, 0) is 16.2 Å². The highest BCUT2D eigenvalue weighted by Crippen LogP contribution is 2.29. The molecule has 0 fully saturated rings. The Hall–Kier alpha value is -2.33. The van der Waals surface area contributed by atoms with Crippen molar-refractivity contribution in [2.45, 2.75) is 32.8 Å². The molecule has 132 valence electrons. The van der Waals surface area contributed by atoms with Gasteiger partial charge in [-0.2, -0.15) is 0 Å². The minimum atomic E-state index is -0.672. The first-order valence-electron chi connectivity index (χ1n) is 8.19. The minimum absolute atomic E-state index is 0.0681. The molecule has 4 nitrogen and oxygen atoms in total. The molecule has 0 bridgehead atoms. The van der Waals surface area contributed by atoms with Gasteiger partial charge >= 0.3 is 0 Å². The van der Waals surface area contributed by atoms with Gasteiger partial charge in [0.05, 0.1) is 0 Å². The Labute approximate surface area is 153 Å². The molecule has 2 aromatic carbocycles. The normalized spacial score (nSPS) is 12.6. The zero-order valence-corrected chi connectivity index (χ0v) is 15.4. The molecule has 0 saturated heterocycles. The predicted octanol–water partition coefficient (Wildman–Crippen LogP) is 4.90. The van der Waals surface area contributed by atoms with Crippen molar-refractivity contribution in [2.75, 3.05) is 7.11 Å². The van der Waals surface area contributed by atoms with E-state index in [2.05, 4.69) is 25.1 Å². The van der Waals surface area contributed by atoms with Gasteiger partial charge in [-0.25, -0.2) is 0 Å². The third-order valence-corrected chi connectivity index (χ3v) is 4.27. The van der Waals surface area contributed by atoms with Crippen LogP contribution in [0.25, 0.3) is 0 Å². The summed E-state index contributed by atoms with van der Waals surface area (Å²) in [5.74, 6) is 1.25. The number of hydrogen-bond donors (Lipinski definition) is 0. The highest BCUT2D eigenvalue weighted by molar-refractivity contribution is 6.84. The smallest absolute Gasteiger partial charge is 0.274 e. The Kier molecular flexibility index (Phi) is 7.02. The molecule has 0 aliphatic rings. The molecule has 5 heteroatoms. The largest absolute Gasteiger partial charge is 0.489 e. The van der Waals surface area contributed by atoms with Gasteiger partial charge in [-0.3, -0.25) is 4.79 Å². The van der Waals surface area contributed by atoms with Gasteiger partial charge in [0, 0.05) is 5.56 Å². The number of hydrogen-bond acceptors (Lipinski definition) is 4. The first kappa shape index (κ1) is 19.0. The van der Waals surface area contributed by atoms with Crippen molar-refractivity contribution < 1.29 is 14.4 Å². The maximum atomic E-state index is 11.7. The van der Waals surface area contributed by atoms with Crippen LogP contribution in [0.2, 0.25) is 0 Å². The maximum absolute atomic E-state index is 11.7. The molecule has 25 heavy (non-hydrogen) atoms. The summed E-state index contributed by atoms with van der Waals surface area (Å²) in [6.45, 7) is 4.62. The van der Waals surface area contributed by atoms with Crippen LogP contribution in [0, 0.1) is 0 Å². The van der Waals surface area contributed by atoms with Crippen molar-refractivity contribution in [1.82, 2.24) is 0 Å². The second kappa shape index (κ2) is 9.23. The first-order valence-corrected chi connectivity index (χ1v) is 8.57. The molecule has 0 saturated carbocycles. The number of carbonyl (C=O) groups is 1. The number of halogens is 1. The van der Waals surface area contributed by atoms with Crippen molar-refractivity contribution in [1.29, 1.82) is 0 Å². The van der Waals surface area contributed by atoms with Crippen LogP contribution < -0.4 is 4.74 Å². The predicted molar refractivity (Wildman–Crippen MR) is 100 cm³/mol. The highest BCUT2D eigenvalue weighted by atomic mass is 35.5. The molecule has 0 spiro atoms. The standard InChI is InChI=1S/C20H22ClNO3/c1-4-14(2)16-10-7-8-12-18(16)25-13-15-9-5-6-11-17(15)19(20(21)23)22-24-3/h5-12,14H,4,13H2,1-3H3. The fraction of sp³-hybridized carbons (Fsp3) is 0.300. The van der Waals surface area contributed by atoms with E-state index in [1.165, 1.54) is 12.7 Å². The first-order chi connectivity index (χ1) is 12.1. The second-order valence-corrected chi connectivity index (χ2v) is 6.03. The number of oxime groups is 1. The number of nitrogens with zero attached hydrogens (tertiary/aromatic N) is 1. The van der Waals surface area contributed by atoms with Crippen LogP contribution in [-0.4, -0.2) is 18.1 Å². The van der Waals surface area contributed by atoms with Gasteiger partial charge in [0.15, 0.2) is 5.71 Å². The molecule has 0 heterocycles. The lowest BCUT2D eigenvalue weighted by molar-refractivity contribution is -0.106. The topological polar surface area (TPSA) is 47.9 Å². The summed E-state index contributed by atoms with van der Waals surface area (Å²) >= 11 is 5.64. The second-order valence-electron chi connectivity index (χ2n) is 5.69. The monoisotopic (exact) mass is 359 g/mol. The molecule has 0 aromatic heterocycles. The summed E-state index contributed by atoms with van der Waals surface area (Å²) in [5.41, 5.74) is 2.65. The Morgan fingerprint density at radius 3 is 2.52 bits per heavy atom. The Bertz CT molecular complexity index is 758. The van der Waals surface area contributed by atoms with Crippen LogP contribution in [0.1, 0.15) is 42.9 Å². The fourth-order valence-electron chi connectivity index (χ4n) is 2.55. The Morgan fingerprint density at radius 2 is 1.84 bits per heavy atom. The van der Waals surface area contributed by atoms with Gasteiger partial charge < -0.3 is 9.57 Å². The molecule has 0 aliphatic heterocycles. The van der Waals surface area contributed by atoms with Gasteiger partial charge in [0.2, 0.25) is 0 Å². The summed E-state index contributed by atoms with van der Waals surface area (Å²) in [7, 11) is 1.38. The van der Waals surface area contributed by atoms with Crippen LogP contribution in [0.4, 0.5) is 0 Å². The van der Waals surface area contributed by atoms with Gasteiger partial charge in [-0.1, -0.05) is 61.5 Å². The van der Waals surface area contributed by atoms with E-state index in [9.17, 15) is 4.79 Å². The molecule has 0 radical (unpaired) electrons. The summed E-state index contributed by atoms with van der Waals surface area (Å²) in [4.78, 5) is 16.4. The molecule has 2 aromatic rings. The van der Waals surface area contributed by atoms with E-state index in [0.717, 1.165) is 17.7 Å². The SMILES string of the molecule is CCC(C)c1ccccc1OCc1ccccc1C(=NOC)C(=O)Cl. The van der Waals surface area contributed by atoms with Crippen LogP contribution >= 0.6 is 11.6 Å². The number of rotatable bonds is 8. The summed E-state index contributed by atoms with van der Waals surface area (Å²) < 4.78 is 6.04. The van der Waals surface area contributed by atoms with Gasteiger partial charge in [-0.15, -0.1) is 0 Å². The van der Waals surface area contributed by atoms with Gasteiger partial charge in [0.1, 0.15) is 19.5 Å². The molecule has 0 aliphatic carbocycles. The molecule has 1 unspecified atom stereocenters. The number of ether oxygens (including phenoxy) is 1. The highest BCUT2D eigenvalue weighted by Gasteiger charge is 2.17. The van der Waals surface area contributed by atoms with E-state index >= 15 is 0 Å². The summed E-state index contributed by atoms with van der Waals surface area (Å²) in [6, 6.07) is 15.4. The molecule has 0 amide bonds. The Morgan fingerprint density at radius 1 is 1.16 bits per heavy atom. The fourth-order valence-corrected chi connectivity index (χ4v) is 2.69. The average Bonchev–Trinajstić information content (AvgIpc) is 2.64. The quantitative estimate of drug-likeness (QED) is 0.383. The van der Waals surface area contributed by atoms with Gasteiger partial charge in [-0.05, 0) is 41.1 Å². The van der Waals surface area contributed by atoms with E-state index < -0.39 is 5.24 Å². The minimum Gasteiger partial charge on any atom is -0.489 e. The van der Waals surface area contributed by atoms with Crippen molar-refractivity contribution in [3.05, 3.63) is 65.2 Å². The number of benzene rings is 2. The summed E-state index contributed by atoms with van der Waals surface area (Å²) in [6.07, 6.45) is 1.03. The molecular formula is C20H22ClNO3. The lowest BCUT2D eigenvalue weighted by Crippen LogP contribution is -2.14. The summed E-state index contributed by atoms with van der Waals surface area (Å²) in [5, 5.41) is 3.08. The average molecular weight is 360 g/mol. The third-order valence-electron chi connectivity index (χ3n) is 4.09. The van der Waals surface area contributed by atoms with Crippen molar-refractivity contribution in [3.63, 3.8) is 0 Å². The maximum Gasteiger partial charge on any atom is 0.274 e. The lowest BCUT2D eigenvalue weighted by atomic mass is 9.98. The van der Waals surface area contributed by atoms with E-state index in [1.807, 2.05) is 36.4 Å². The van der Waals surface area contributed by atoms with Crippen LogP contribution in [0.15, 0.2) is 53.7 Å². The van der Waals surface area contributed by atoms with Gasteiger partial charge in [0.25, 0.3) is 5.24 Å². The molecule has 1 atom stereocenters. The van der Waals surface area contributed by atoms with Crippen molar-refractivity contribution in [2.24, 2.45) is 5.16 Å². The van der Waals surface area contributed by atoms with Crippen LogP contribution in [0.5, 0.6) is 5.75 Å². The van der Waals surface area contributed by atoms with Crippen molar-refractivity contribution in [3.8, 4) is 5.75 Å². The van der Waals surface area contributed by atoms with E-state index in [-0.39, 0.29) is 5.71 Å². The number of carbonyl (C=O) groups excluding carboxylic acids is 1. The molecule has 2 rings (SSSR count).